The fourth-order valence-corrected chi connectivity index (χ4v) is 3.13. The summed E-state index contributed by atoms with van der Waals surface area (Å²) in [6, 6.07) is 28.5. The first-order valence-electron chi connectivity index (χ1n) is 8.71. The van der Waals surface area contributed by atoms with E-state index in [4.69, 9.17) is 0 Å². The van der Waals surface area contributed by atoms with Gasteiger partial charge in [-0.15, -0.1) is 0 Å². The summed E-state index contributed by atoms with van der Waals surface area (Å²) in [4.78, 5) is 12.8. The third kappa shape index (κ3) is 4.87. The summed E-state index contributed by atoms with van der Waals surface area (Å²) in [6.45, 7) is 0. The number of nitrogens with one attached hydrogen (secondary N) is 2. The number of halogens is 1. The number of benzene rings is 3. The lowest BCUT2D eigenvalue weighted by atomic mass is 9.98. The number of hydrogen-bond acceptors (Lipinski definition) is 3. The number of carbonyl (C=O) groups excluding carboxylic acids is 1. The quantitative estimate of drug-likeness (QED) is 0.417. The van der Waals surface area contributed by atoms with Gasteiger partial charge in [-0.2, -0.15) is 5.26 Å². The number of hydrogen-bond donors (Lipinski definition) is 2. The monoisotopic (exact) mass is 431 g/mol. The largest absolute Gasteiger partial charge is 0.359 e. The zero-order valence-corrected chi connectivity index (χ0v) is 16.6. The second kappa shape index (κ2) is 9.54. The van der Waals surface area contributed by atoms with E-state index >= 15 is 0 Å². The third-order valence-corrected chi connectivity index (χ3v) is 4.84. The lowest BCUT2D eigenvalue weighted by molar-refractivity contribution is -0.117. The highest BCUT2D eigenvalue weighted by Crippen LogP contribution is 2.23. The van der Waals surface area contributed by atoms with E-state index in [1.807, 2.05) is 91.0 Å². The maximum atomic E-state index is 12.8. The van der Waals surface area contributed by atoms with Crippen LogP contribution in [0.15, 0.2) is 101 Å². The van der Waals surface area contributed by atoms with Crippen molar-refractivity contribution in [2.75, 3.05) is 5.32 Å². The summed E-state index contributed by atoms with van der Waals surface area (Å²) >= 11 is 3.43. The van der Waals surface area contributed by atoms with Crippen LogP contribution >= 0.6 is 15.9 Å². The van der Waals surface area contributed by atoms with Crippen molar-refractivity contribution in [3.8, 4) is 6.07 Å². The maximum Gasteiger partial charge on any atom is 0.264 e. The summed E-state index contributed by atoms with van der Waals surface area (Å²) in [5.41, 5.74) is 2.65. The molecule has 5 heteroatoms. The molecule has 138 valence electrons. The maximum absolute atomic E-state index is 12.8. The molecule has 0 spiro atoms. The SMILES string of the molecule is N#C/C(=C/Nc1ccccc1Br)C(=O)NC(c1ccccc1)c1ccccc1. The van der Waals surface area contributed by atoms with Crippen molar-refractivity contribution < 1.29 is 4.79 Å². The molecule has 3 aromatic rings. The Bertz CT molecular complexity index is 971. The van der Waals surface area contributed by atoms with E-state index in [0.717, 1.165) is 21.3 Å². The molecule has 28 heavy (non-hydrogen) atoms. The summed E-state index contributed by atoms with van der Waals surface area (Å²) in [5.74, 6) is -0.445. The van der Waals surface area contributed by atoms with E-state index in [1.165, 1.54) is 6.20 Å². The van der Waals surface area contributed by atoms with E-state index in [2.05, 4.69) is 26.6 Å². The van der Waals surface area contributed by atoms with Crippen molar-refractivity contribution in [2.45, 2.75) is 6.04 Å². The Morgan fingerprint density at radius 2 is 1.43 bits per heavy atom. The first-order valence-corrected chi connectivity index (χ1v) is 9.50. The molecule has 0 aliphatic heterocycles. The number of anilines is 1. The molecule has 3 rings (SSSR count). The number of amides is 1. The Labute approximate surface area is 172 Å². The van der Waals surface area contributed by atoms with Crippen LogP contribution in [-0.2, 0) is 4.79 Å². The summed E-state index contributed by atoms with van der Waals surface area (Å²) in [6.07, 6.45) is 1.42. The number of para-hydroxylation sites is 1. The minimum atomic E-state index is -0.445. The molecule has 0 aliphatic carbocycles. The molecule has 0 fully saturated rings. The van der Waals surface area contributed by atoms with E-state index in [1.54, 1.807) is 0 Å². The van der Waals surface area contributed by atoms with Gasteiger partial charge in [-0.3, -0.25) is 4.79 Å². The van der Waals surface area contributed by atoms with Gasteiger partial charge in [-0.25, -0.2) is 0 Å². The van der Waals surface area contributed by atoms with Gasteiger partial charge in [0.15, 0.2) is 0 Å². The first kappa shape index (κ1) is 19.4. The molecule has 0 heterocycles. The van der Waals surface area contributed by atoms with Crippen LogP contribution < -0.4 is 10.6 Å². The van der Waals surface area contributed by atoms with Gasteiger partial charge < -0.3 is 10.6 Å². The fourth-order valence-electron chi connectivity index (χ4n) is 2.74. The topological polar surface area (TPSA) is 64.9 Å². The summed E-state index contributed by atoms with van der Waals surface area (Å²) in [5, 5.41) is 15.4. The van der Waals surface area contributed by atoms with Crippen LogP contribution in [0.1, 0.15) is 17.2 Å². The average Bonchev–Trinajstić information content (AvgIpc) is 2.75. The molecule has 0 aromatic heterocycles. The first-order chi connectivity index (χ1) is 13.7. The second-order valence-electron chi connectivity index (χ2n) is 6.02. The van der Waals surface area contributed by atoms with E-state index < -0.39 is 5.91 Å². The zero-order chi connectivity index (χ0) is 19.8. The van der Waals surface area contributed by atoms with Crippen molar-refractivity contribution in [1.82, 2.24) is 5.32 Å². The van der Waals surface area contributed by atoms with Crippen LogP contribution in [0.3, 0.4) is 0 Å². The lowest BCUT2D eigenvalue weighted by Crippen LogP contribution is -2.30. The molecule has 1 amide bonds. The Morgan fingerprint density at radius 3 is 1.96 bits per heavy atom. The summed E-state index contributed by atoms with van der Waals surface area (Å²) < 4.78 is 0.843. The van der Waals surface area contributed by atoms with Gasteiger partial charge in [-0.1, -0.05) is 72.8 Å². The van der Waals surface area contributed by atoms with Crippen LogP contribution in [0, 0.1) is 11.3 Å². The standard InChI is InChI=1S/C23H18BrN3O/c24-20-13-7-8-14-21(20)26-16-19(15-25)23(28)27-22(17-9-3-1-4-10-17)18-11-5-2-6-12-18/h1-14,16,22,26H,(H,27,28)/b19-16-. The van der Waals surface area contributed by atoms with Crippen LogP contribution in [0.5, 0.6) is 0 Å². The molecular weight excluding hydrogens is 414 g/mol. The molecular formula is C23H18BrN3O. The number of rotatable bonds is 6. The zero-order valence-electron chi connectivity index (χ0n) is 15.0. The minimum Gasteiger partial charge on any atom is -0.359 e. The van der Waals surface area contributed by atoms with Crippen LogP contribution in [0.2, 0.25) is 0 Å². The van der Waals surface area contributed by atoms with Gasteiger partial charge in [-0.05, 0) is 39.2 Å². The molecule has 2 N–H and O–H groups in total. The highest BCUT2D eigenvalue weighted by atomic mass is 79.9. The van der Waals surface area contributed by atoms with Crippen LogP contribution in [-0.4, -0.2) is 5.91 Å². The Morgan fingerprint density at radius 1 is 0.893 bits per heavy atom. The number of nitrogens with zero attached hydrogens (tertiary/aromatic N) is 1. The number of nitriles is 1. The van der Waals surface area contributed by atoms with E-state index in [-0.39, 0.29) is 11.6 Å². The second-order valence-corrected chi connectivity index (χ2v) is 6.88. The lowest BCUT2D eigenvalue weighted by Gasteiger charge is -2.19. The van der Waals surface area contributed by atoms with Gasteiger partial charge in [0.05, 0.1) is 11.7 Å². The van der Waals surface area contributed by atoms with E-state index in [0.29, 0.717) is 0 Å². The van der Waals surface area contributed by atoms with Gasteiger partial charge in [0, 0.05) is 10.7 Å². The molecule has 0 unspecified atom stereocenters. The number of carbonyl (C=O) groups is 1. The van der Waals surface area contributed by atoms with Gasteiger partial charge in [0.1, 0.15) is 11.6 Å². The van der Waals surface area contributed by atoms with Crippen LogP contribution in [0.25, 0.3) is 0 Å². The van der Waals surface area contributed by atoms with Gasteiger partial charge in [0.25, 0.3) is 5.91 Å². The fraction of sp³-hybridized carbons (Fsp3) is 0.0435. The van der Waals surface area contributed by atoms with E-state index in [9.17, 15) is 10.1 Å². The van der Waals surface area contributed by atoms with Gasteiger partial charge in [0.2, 0.25) is 0 Å². The predicted molar refractivity (Wildman–Crippen MR) is 114 cm³/mol. The molecule has 0 saturated carbocycles. The predicted octanol–water partition coefficient (Wildman–Crippen LogP) is 5.17. The van der Waals surface area contributed by atoms with Crippen molar-refractivity contribution in [1.29, 1.82) is 5.26 Å². The highest BCUT2D eigenvalue weighted by molar-refractivity contribution is 9.10. The molecule has 0 aliphatic rings. The molecule has 0 saturated heterocycles. The average molecular weight is 432 g/mol. The van der Waals surface area contributed by atoms with Crippen LogP contribution in [0.4, 0.5) is 5.69 Å². The van der Waals surface area contributed by atoms with Crippen molar-refractivity contribution in [3.63, 3.8) is 0 Å². The molecule has 3 aromatic carbocycles. The summed E-state index contributed by atoms with van der Waals surface area (Å²) in [7, 11) is 0. The third-order valence-electron chi connectivity index (χ3n) is 4.15. The Hall–Kier alpha value is -3.36. The molecule has 0 atom stereocenters. The van der Waals surface area contributed by atoms with Gasteiger partial charge >= 0.3 is 0 Å². The Balaban J connectivity index is 1.83. The molecule has 4 nitrogen and oxygen atoms in total. The molecule has 0 radical (unpaired) electrons. The minimum absolute atomic E-state index is 0.00684. The highest BCUT2D eigenvalue weighted by Gasteiger charge is 2.19. The van der Waals surface area contributed by atoms with Crippen molar-refractivity contribution >= 4 is 27.5 Å². The normalized spacial score (nSPS) is 11.0. The smallest absolute Gasteiger partial charge is 0.264 e. The van der Waals surface area contributed by atoms with Crippen molar-refractivity contribution in [3.05, 3.63) is 112 Å². The molecule has 0 bridgehead atoms. The van der Waals surface area contributed by atoms with Crippen molar-refractivity contribution in [2.24, 2.45) is 0 Å². The Kier molecular flexibility index (Phi) is 6.61.